The summed E-state index contributed by atoms with van der Waals surface area (Å²) in [6, 6.07) is 4.80. The zero-order valence-electron chi connectivity index (χ0n) is 13.0. The van der Waals surface area contributed by atoms with E-state index in [2.05, 4.69) is 21.4 Å². The topological polar surface area (TPSA) is 75.3 Å². The van der Waals surface area contributed by atoms with Crippen LogP contribution in [0.25, 0.3) is 0 Å². The number of nitrogens with zero attached hydrogens (tertiary/aromatic N) is 2. The maximum Gasteiger partial charge on any atom is 0.416 e. The van der Waals surface area contributed by atoms with Gasteiger partial charge in [-0.15, -0.1) is 11.6 Å². The van der Waals surface area contributed by atoms with Gasteiger partial charge in [0.05, 0.1) is 37.2 Å². The van der Waals surface area contributed by atoms with Crippen LogP contribution in [0.3, 0.4) is 0 Å². The van der Waals surface area contributed by atoms with Crippen molar-refractivity contribution in [3.05, 3.63) is 0 Å². The largest absolute Gasteiger partial charge is 0.416 e. The van der Waals surface area contributed by atoms with Crippen LogP contribution in [0.1, 0.15) is 39.0 Å². The van der Waals surface area contributed by atoms with Gasteiger partial charge in [-0.05, 0) is 19.8 Å². The highest BCUT2D eigenvalue weighted by atomic mass is 79.9. The molecule has 126 valence electrons. The Morgan fingerprint density at radius 1 is 1.14 bits per heavy atom. The fourth-order valence-electron chi connectivity index (χ4n) is 1.68. The van der Waals surface area contributed by atoms with Gasteiger partial charge in [-0.2, -0.15) is 10.5 Å². The van der Waals surface area contributed by atoms with Gasteiger partial charge in [-0.1, -0.05) is 21.7 Å². The molecule has 0 aliphatic carbocycles. The predicted molar refractivity (Wildman–Crippen MR) is 91.8 cm³/mol. The van der Waals surface area contributed by atoms with E-state index in [1.807, 2.05) is 13.0 Å². The van der Waals surface area contributed by atoms with E-state index < -0.39 is 7.18 Å². The van der Waals surface area contributed by atoms with Gasteiger partial charge in [-0.25, -0.2) is 0 Å². The summed E-state index contributed by atoms with van der Waals surface area (Å²) >= 11 is 9.82. The normalized spacial score (nSPS) is 14.8. The highest BCUT2D eigenvalue weighted by molar-refractivity contribution is 9.25. The van der Waals surface area contributed by atoms with Crippen molar-refractivity contribution in [1.82, 2.24) is 0 Å². The van der Waals surface area contributed by atoms with Crippen molar-refractivity contribution in [2.24, 2.45) is 0 Å². The van der Waals surface area contributed by atoms with Crippen LogP contribution < -0.4 is 0 Å². The monoisotopic (exact) mass is 410 g/mol. The highest BCUT2D eigenvalue weighted by Crippen LogP contribution is 2.23. The zero-order valence-corrected chi connectivity index (χ0v) is 16.4. The quantitative estimate of drug-likeness (QED) is 0.187. The molecule has 0 amide bonds. The number of ether oxygens (including phenoxy) is 1. The molecule has 0 aliphatic heterocycles. The SMILES string of the molecule is CCO[Si](Br)(CCOCCC#N)OCC(Cl)CCCCC#N. The molecule has 0 aromatic carbocycles. The van der Waals surface area contributed by atoms with Crippen LogP contribution in [0.5, 0.6) is 0 Å². The van der Waals surface area contributed by atoms with Gasteiger partial charge in [0.25, 0.3) is 0 Å². The molecule has 0 N–H and O–H groups in total. The molecule has 0 aliphatic rings. The second kappa shape index (κ2) is 14.4. The minimum atomic E-state index is -2.46. The number of alkyl halides is 1. The Morgan fingerprint density at radius 2 is 1.86 bits per heavy atom. The first-order valence-corrected chi connectivity index (χ1v) is 12.2. The van der Waals surface area contributed by atoms with E-state index in [0.717, 1.165) is 19.3 Å². The molecule has 0 bridgehead atoms. The lowest BCUT2D eigenvalue weighted by molar-refractivity contribution is 0.135. The van der Waals surface area contributed by atoms with E-state index in [1.165, 1.54) is 0 Å². The van der Waals surface area contributed by atoms with Crippen molar-refractivity contribution in [3.63, 3.8) is 0 Å². The third kappa shape index (κ3) is 12.4. The van der Waals surface area contributed by atoms with Gasteiger partial charge >= 0.3 is 7.18 Å². The number of halogens is 2. The van der Waals surface area contributed by atoms with Gasteiger partial charge in [0, 0.05) is 25.7 Å². The molecule has 0 saturated heterocycles. The lowest BCUT2D eigenvalue weighted by Crippen LogP contribution is -2.38. The smallest absolute Gasteiger partial charge is 0.387 e. The van der Waals surface area contributed by atoms with Crippen molar-refractivity contribution in [2.45, 2.75) is 50.4 Å². The number of unbranched alkanes of at least 4 members (excludes halogenated alkanes) is 2. The van der Waals surface area contributed by atoms with E-state index in [-0.39, 0.29) is 5.38 Å². The summed E-state index contributed by atoms with van der Waals surface area (Å²) in [4.78, 5) is 0. The fourth-order valence-corrected chi connectivity index (χ4v) is 5.22. The molecule has 0 spiro atoms. The Morgan fingerprint density at radius 3 is 2.50 bits per heavy atom. The summed E-state index contributed by atoms with van der Waals surface area (Å²) < 4.78 is 17.0. The number of hydrogen-bond donors (Lipinski definition) is 0. The van der Waals surface area contributed by atoms with Crippen molar-refractivity contribution >= 4 is 34.1 Å². The summed E-state index contributed by atoms with van der Waals surface area (Å²) in [7, 11) is -2.46. The highest BCUT2D eigenvalue weighted by Gasteiger charge is 2.35. The van der Waals surface area contributed by atoms with Crippen LogP contribution in [-0.4, -0.2) is 39.0 Å². The Hall–Kier alpha value is -0.153. The molecule has 8 heteroatoms. The fraction of sp³-hybridized carbons (Fsp3) is 0.857. The lowest BCUT2D eigenvalue weighted by Gasteiger charge is -2.25. The summed E-state index contributed by atoms with van der Waals surface area (Å²) in [6.07, 6.45) is 3.58. The molecule has 0 radical (unpaired) electrons. The molecule has 0 aromatic heterocycles. The van der Waals surface area contributed by atoms with Crippen molar-refractivity contribution in [1.29, 1.82) is 10.5 Å². The molecule has 0 rings (SSSR count). The molecular weight excluding hydrogens is 388 g/mol. The Kier molecular flexibility index (Phi) is 14.3. The van der Waals surface area contributed by atoms with E-state index in [4.69, 9.17) is 35.7 Å². The first-order chi connectivity index (χ1) is 10.6. The Labute approximate surface area is 147 Å². The number of rotatable bonds is 14. The maximum atomic E-state index is 8.48. The summed E-state index contributed by atoms with van der Waals surface area (Å²) in [5.74, 6) is 0. The average molecular weight is 412 g/mol. The minimum Gasteiger partial charge on any atom is -0.387 e. The number of hydrogen-bond acceptors (Lipinski definition) is 5. The Balaban J connectivity index is 3.99. The third-order valence-electron chi connectivity index (χ3n) is 2.80. The third-order valence-corrected chi connectivity index (χ3v) is 7.82. The minimum absolute atomic E-state index is 0.0805. The summed E-state index contributed by atoms with van der Waals surface area (Å²) in [5.41, 5.74) is 0. The zero-order chi connectivity index (χ0) is 16.7. The second-order valence-corrected chi connectivity index (χ2v) is 11.3. The van der Waals surface area contributed by atoms with Crippen LogP contribution in [0, 0.1) is 22.7 Å². The maximum absolute atomic E-state index is 8.48. The lowest BCUT2D eigenvalue weighted by atomic mass is 10.1. The van der Waals surface area contributed by atoms with Gasteiger partial charge in [-0.3, -0.25) is 0 Å². The molecule has 0 fully saturated rings. The molecule has 0 aromatic rings. The summed E-state index contributed by atoms with van der Waals surface area (Å²) in [6.45, 7) is 3.82. The van der Waals surface area contributed by atoms with Crippen molar-refractivity contribution in [2.75, 3.05) is 26.4 Å². The Bertz CT molecular complexity index is 365. The second-order valence-electron chi connectivity index (χ2n) is 4.68. The average Bonchev–Trinajstić information content (AvgIpc) is 2.50. The first kappa shape index (κ1) is 21.8. The van der Waals surface area contributed by atoms with Gasteiger partial charge in [0.15, 0.2) is 0 Å². The standard InChI is InChI=1S/C14H24BrClN2O3Si/c1-2-20-22(15,12-11-19-10-6-9-18)21-13-14(16)7-4-3-5-8-17/h14H,2-7,10-13H2,1H3. The van der Waals surface area contributed by atoms with Crippen molar-refractivity contribution in [3.8, 4) is 12.1 Å². The molecular formula is C14H24BrClN2O3Si. The summed E-state index contributed by atoms with van der Waals surface area (Å²) in [5, 5.41) is 16.8. The molecule has 2 atom stereocenters. The van der Waals surface area contributed by atoms with Crippen molar-refractivity contribution < 1.29 is 13.6 Å². The predicted octanol–water partition coefficient (Wildman–Crippen LogP) is 3.99. The van der Waals surface area contributed by atoms with Crippen LogP contribution in [0.15, 0.2) is 0 Å². The van der Waals surface area contributed by atoms with E-state index in [0.29, 0.717) is 45.3 Å². The molecule has 22 heavy (non-hydrogen) atoms. The van der Waals surface area contributed by atoms with Gasteiger partial charge in [0.1, 0.15) is 0 Å². The number of nitriles is 2. The van der Waals surface area contributed by atoms with Crippen LogP contribution in [0.4, 0.5) is 0 Å². The molecule has 0 saturated carbocycles. The first-order valence-electron chi connectivity index (χ1n) is 7.50. The van der Waals surface area contributed by atoms with Crippen LogP contribution in [-0.2, 0) is 13.6 Å². The van der Waals surface area contributed by atoms with Gasteiger partial charge < -0.3 is 13.6 Å². The van der Waals surface area contributed by atoms with Gasteiger partial charge in [0.2, 0.25) is 0 Å². The van der Waals surface area contributed by atoms with E-state index >= 15 is 0 Å². The van der Waals surface area contributed by atoms with E-state index in [1.54, 1.807) is 0 Å². The van der Waals surface area contributed by atoms with Crippen LogP contribution >= 0.6 is 26.9 Å². The van der Waals surface area contributed by atoms with Crippen LogP contribution in [0.2, 0.25) is 6.04 Å². The molecule has 2 unspecified atom stereocenters. The molecule has 5 nitrogen and oxygen atoms in total. The molecule has 0 heterocycles. The van der Waals surface area contributed by atoms with E-state index in [9.17, 15) is 0 Å².